The van der Waals surface area contributed by atoms with Gasteiger partial charge in [0.25, 0.3) is 0 Å². The second kappa shape index (κ2) is 7.81. The predicted octanol–water partition coefficient (Wildman–Crippen LogP) is 5.10. The Morgan fingerprint density at radius 1 is 0.667 bits per heavy atom. The molecule has 1 aromatic heterocycles. The number of aromatic nitrogens is 2. The molecule has 0 radical (unpaired) electrons. The van der Waals surface area contributed by atoms with E-state index in [1.165, 1.54) is 0 Å². The number of aliphatic hydroxyl groups excluding tert-OH is 1. The zero-order valence-electron chi connectivity index (χ0n) is 14.6. The van der Waals surface area contributed by atoms with Crippen LogP contribution in [0.5, 0.6) is 11.5 Å². The van der Waals surface area contributed by atoms with Crippen LogP contribution in [0.4, 0.5) is 0 Å². The Balaban J connectivity index is 1.61. The van der Waals surface area contributed by atoms with E-state index in [1.54, 1.807) is 0 Å². The largest absolute Gasteiger partial charge is 0.457 e. The lowest BCUT2D eigenvalue weighted by Crippen LogP contribution is -1.98. The second-order valence-corrected chi connectivity index (χ2v) is 6.07. The Labute approximate surface area is 157 Å². The zero-order valence-corrected chi connectivity index (χ0v) is 14.6. The summed E-state index contributed by atoms with van der Waals surface area (Å²) in [7, 11) is 0. The molecule has 27 heavy (non-hydrogen) atoms. The van der Waals surface area contributed by atoms with Crippen molar-refractivity contribution in [2.75, 3.05) is 0 Å². The maximum Gasteiger partial charge on any atom is 0.127 e. The molecule has 3 aromatic carbocycles. The van der Waals surface area contributed by atoms with Crippen LogP contribution < -0.4 is 4.74 Å². The van der Waals surface area contributed by atoms with Crippen molar-refractivity contribution >= 4 is 0 Å². The Kier molecular flexibility index (Phi) is 4.90. The third-order valence-electron chi connectivity index (χ3n) is 4.22. The number of aliphatic hydroxyl groups is 1. The number of hydrogen-bond donors (Lipinski definition) is 1. The van der Waals surface area contributed by atoms with Crippen LogP contribution in [0.1, 0.15) is 5.56 Å². The van der Waals surface area contributed by atoms with E-state index in [-0.39, 0.29) is 6.61 Å². The summed E-state index contributed by atoms with van der Waals surface area (Å²) in [5.74, 6) is 1.53. The highest BCUT2D eigenvalue weighted by atomic mass is 16.5. The van der Waals surface area contributed by atoms with Crippen molar-refractivity contribution in [3.05, 3.63) is 96.6 Å². The first-order chi connectivity index (χ1) is 13.3. The summed E-state index contributed by atoms with van der Waals surface area (Å²) in [6.07, 6.45) is 0. The standard InChI is InChI=1S/C23H18N2O2/c26-16-19-15-22(17-7-3-1-4-8-17)24-25-23(19)18-11-13-21(14-12-18)27-20-9-5-2-6-10-20/h1-15,26H,16H2. The first-order valence-electron chi connectivity index (χ1n) is 8.70. The summed E-state index contributed by atoms with van der Waals surface area (Å²) in [5.41, 5.74) is 4.00. The Hall–Kier alpha value is -3.50. The molecule has 0 fully saturated rings. The van der Waals surface area contributed by atoms with Gasteiger partial charge in [0.15, 0.2) is 0 Å². The highest BCUT2D eigenvalue weighted by molar-refractivity contribution is 5.67. The second-order valence-electron chi connectivity index (χ2n) is 6.07. The molecule has 4 nitrogen and oxygen atoms in total. The third kappa shape index (κ3) is 3.86. The van der Waals surface area contributed by atoms with Crippen LogP contribution in [0.15, 0.2) is 91.0 Å². The fourth-order valence-corrected chi connectivity index (χ4v) is 2.85. The Morgan fingerprint density at radius 3 is 1.96 bits per heavy atom. The van der Waals surface area contributed by atoms with Crippen LogP contribution in [0.2, 0.25) is 0 Å². The van der Waals surface area contributed by atoms with Crippen LogP contribution in [-0.2, 0) is 6.61 Å². The smallest absolute Gasteiger partial charge is 0.127 e. The molecule has 1 heterocycles. The molecule has 0 atom stereocenters. The molecule has 132 valence electrons. The fourth-order valence-electron chi connectivity index (χ4n) is 2.85. The third-order valence-corrected chi connectivity index (χ3v) is 4.22. The van der Waals surface area contributed by atoms with E-state index in [1.807, 2.05) is 91.0 Å². The van der Waals surface area contributed by atoms with Gasteiger partial charge in [-0.15, -0.1) is 10.2 Å². The van der Waals surface area contributed by atoms with Crippen molar-refractivity contribution in [1.82, 2.24) is 10.2 Å². The molecule has 0 saturated carbocycles. The number of para-hydroxylation sites is 1. The highest BCUT2D eigenvalue weighted by Crippen LogP contribution is 2.28. The van der Waals surface area contributed by atoms with E-state index in [9.17, 15) is 5.11 Å². The minimum absolute atomic E-state index is 0.104. The molecule has 0 unspecified atom stereocenters. The first-order valence-corrected chi connectivity index (χ1v) is 8.70. The van der Waals surface area contributed by atoms with Crippen LogP contribution in [-0.4, -0.2) is 15.3 Å². The van der Waals surface area contributed by atoms with Crippen LogP contribution in [0, 0.1) is 0 Å². The molecule has 0 saturated heterocycles. The fraction of sp³-hybridized carbons (Fsp3) is 0.0435. The van der Waals surface area contributed by atoms with Crippen molar-refractivity contribution in [1.29, 1.82) is 0 Å². The van der Waals surface area contributed by atoms with Crippen molar-refractivity contribution in [2.45, 2.75) is 6.61 Å². The number of nitrogens with zero attached hydrogens (tertiary/aromatic N) is 2. The molecule has 0 bridgehead atoms. The lowest BCUT2D eigenvalue weighted by Gasteiger charge is -2.10. The van der Waals surface area contributed by atoms with Gasteiger partial charge in [-0.1, -0.05) is 48.5 Å². The molecule has 4 rings (SSSR count). The summed E-state index contributed by atoms with van der Waals surface area (Å²) in [5, 5.41) is 18.5. The van der Waals surface area contributed by atoms with E-state index in [2.05, 4.69) is 10.2 Å². The van der Waals surface area contributed by atoms with E-state index < -0.39 is 0 Å². The number of benzene rings is 3. The molecular formula is C23H18N2O2. The highest BCUT2D eigenvalue weighted by Gasteiger charge is 2.10. The first kappa shape index (κ1) is 16.9. The molecule has 0 aliphatic rings. The number of rotatable bonds is 5. The average Bonchev–Trinajstić information content (AvgIpc) is 2.75. The van der Waals surface area contributed by atoms with Gasteiger partial charge in [-0.3, -0.25) is 0 Å². The van der Waals surface area contributed by atoms with Gasteiger partial charge in [0.1, 0.15) is 11.5 Å². The van der Waals surface area contributed by atoms with Gasteiger partial charge in [-0.2, -0.15) is 0 Å². The van der Waals surface area contributed by atoms with Crippen molar-refractivity contribution in [3.8, 4) is 34.0 Å². The minimum Gasteiger partial charge on any atom is -0.457 e. The molecule has 4 aromatic rings. The maximum atomic E-state index is 9.81. The predicted molar refractivity (Wildman–Crippen MR) is 105 cm³/mol. The normalized spacial score (nSPS) is 10.6. The molecule has 4 heteroatoms. The lowest BCUT2D eigenvalue weighted by molar-refractivity contribution is 0.282. The number of ether oxygens (including phenoxy) is 1. The average molecular weight is 354 g/mol. The van der Waals surface area contributed by atoms with Gasteiger partial charge in [-0.05, 0) is 42.5 Å². The van der Waals surface area contributed by atoms with Gasteiger partial charge in [0.2, 0.25) is 0 Å². The summed E-state index contributed by atoms with van der Waals surface area (Å²) < 4.78 is 5.82. The summed E-state index contributed by atoms with van der Waals surface area (Å²) in [6.45, 7) is -0.104. The Bertz CT molecular complexity index is 1020. The Morgan fingerprint density at radius 2 is 1.30 bits per heavy atom. The zero-order chi connectivity index (χ0) is 18.5. The van der Waals surface area contributed by atoms with E-state index >= 15 is 0 Å². The van der Waals surface area contributed by atoms with Crippen LogP contribution >= 0.6 is 0 Å². The molecule has 0 aliphatic carbocycles. The van der Waals surface area contributed by atoms with E-state index in [0.717, 1.165) is 33.9 Å². The molecule has 0 spiro atoms. The van der Waals surface area contributed by atoms with Gasteiger partial charge in [0.05, 0.1) is 18.0 Å². The van der Waals surface area contributed by atoms with Crippen LogP contribution in [0.25, 0.3) is 22.5 Å². The summed E-state index contributed by atoms with van der Waals surface area (Å²) in [4.78, 5) is 0. The van der Waals surface area contributed by atoms with E-state index in [0.29, 0.717) is 5.69 Å². The van der Waals surface area contributed by atoms with Gasteiger partial charge in [-0.25, -0.2) is 0 Å². The maximum absolute atomic E-state index is 9.81. The van der Waals surface area contributed by atoms with Crippen LogP contribution in [0.3, 0.4) is 0 Å². The van der Waals surface area contributed by atoms with Gasteiger partial charge in [0, 0.05) is 16.7 Å². The van der Waals surface area contributed by atoms with Gasteiger partial charge >= 0.3 is 0 Å². The van der Waals surface area contributed by atoms with E-state index in [4.69, 9.17) is 4.74 Å². The molecular weight excluding hydrogens is 336 g/mol. The molecule has 1 N–H and O–H groups in total. The monoisotopic (exact) mass is 354 g/mol. The lowest BCUT2D eigenvalue weighted by atomic mass is 10.0. The summed E-state index contributed by atoms with van der Waals surface area (Å²) >= 11 is 0. The minimum atomic E-state index is -0.104. The molecule has 0 aliphatic heterocycles. The van der Waals surface area contributed by atoms with Crippen molar-refractivity contribution < 1.29 is 9.84 Å². The van der Waals surface area contributed by atoms with Crippen molar-refractivity contribution in [2.24, 2.45) is 0 Å². The SMILES string of the molecule is OCc1cc(-c2ccccc2)nnc1-c1ccc(Oc2ccccc2)cc1. The topological polar surface area (TPSA) is 55.2 Å². The summed E-state index contributed by atoms with van der Waals surface area (Å²) in [6, 6.07) is 28.9. The van der Waals surface area contributed by atoms with Crippen molar-refractivity contribution in [3.63, 3.8) is 0 Å². The molecule has 0 amide bonds. The number of hydrogen-bond acceptors (Lipinski definition) is 4. The van der Waals surface area contributed by atoms with Gasteiger partial charge < -0.3 is 9.84 Å². The quantitative estimate of drug-likeness (QED) is 0.542.